The highest BCUT2D eigenvalue weighted by molar-refractivity contribution is 7.89. The van der Waals surface area contributed by atoms with E-state index in [0.29, 0.717) is 43.5 Å². The van der Waals surface area contributed by atoms with E-state index in [1.165, 1.54) is 4.31 Å². The zero-order valence-electron chi connectivity index (χ0n) is 17.1. The summed E-state index contributed by atoms with van der Waals surface area (Å²) in [6.07, 6.45) is 1.01. The Morgan fingerprint density at radius 1 is 1.07 bits per heavy atom. The number of piperazine rings is 1. The largest absolute Gasteiger partial charge is 0.325 e. The zero-order chi connectivity index (χ0) is 20.9. The fraction of sp³-hybridized carbons (Fsp3) is 0.409. The quantitative estimate of drug-likeness (QED) is 0.722. The van der Waals surface area contributed by atoms with Crippen LogP contribution in [-0.4, -0.2) is 51.4 Å². The molecule has 0 aromatic heterocycles. The van der Waals surface area contributed by atoms with Crippen LogP contribution in [0.4, 0.5) is 5.69 Å². The van der Waals surface area contributed by atoms with Crippen molar-refractivity contribution < 1.29 is 18.1 Å². The molecule has 1 amide bonds. The number of sulfonamides is 1. The zero-order valence-corrected chi connectivity index (χ0v) is 17.9. The van der Waals surface area contributed by atoms with Crippen molar-refractivity contribution in [2.45, 2.75) is 31.1 Å². The molecule has 29 heavy (non-hydrogen) atoms. The number of hydrogen-bond acceptors (Lipinski definition) is 3. The van der Waals surface area contributed by atoms with Crippen molar-refractivity contribution in [2.75, 3.05) is 38.0 Å². The minimum Gasteiger partial charge on any atom is -0.325 e. The molecule has 3 rings (SSSR count). The molecule has 1 atom stereocenters. The summed E-state index contributed by atoms with van der Waals surface area (Å²) in [5.74, 6) is 0.348. The Labute approximate surface area is 173 Å². The van der Waals surface area contributed by atoms with Gasteiger partial charge in [0.25, 0.3) is 5.91 Å². The van der Waals surface area contributed by atoms with Crippen LogP contribution in [0.3, 0.4) is 0 Å². The van der Waals surface area contributed by atoms with E-state index in [9.17, 15) is 13.2 Å². The summed E-state index contributed by atoms with van der Waals surface area (Å²) >= 11 is 0. The Kier molecular flexibility index (Phi) is 7.05. The van der Waals surface area contributed by atoms with Gasteiger partial charge in [-0.05, 0) is 36.1 Å². The summed E-state index contributed by atoms with van der Waals surface area (Å²) in [5, 5.41) is 3.05. The molecule has 0 spiro atoms. The van der Waals surface area contributed by atoms with Gasteiger partial charge in [-0.15, -0.1) is 0 Å². The number of carbonyl (C=O) groups excluding carboxylic acids is 1. The van der Waals surface area contributed by atoms with Crippen molar-refractivity contribution in [3.63, 3.8) is 0 Å². The monoisotopic (exact) mass is 416 g/mol. The first-order valence-corrected chi connectivity index (χ1v) is 11.6. The minimum absolute atomic E-state index is 0.0323. The van der Waals surface area contributed by atoms with Crippen molar-refractivity contribution in [3.05, 3.63) is 60.2 Å². The van der Waals surface area contributed by atoms with Crippen molar-refractivity contribution >= 4 is 21.6 Å². The van der Waals surface area contributed by atoms with E-state index < -0.39 is 10.0 Å². The number of amides is 1. The van der Waals surface area contributed by atoms with Gasteiger partial charge in [-0.25, -0.2) is 8.42 Å². The van der Waals surface area contributed by atoms with Crippen molar-refractivity contribution in [1.29, 1.82) is 0 Å². The number of quaternary nitrogens is 1. The number of benzene rings is 2. The Bertz CT molecular complexity index is 923. The van der Waals surface area contributed by atoms with Crippen LogP contribution in [0, 0.1) is 0 Å². The van der Waals surface area contributed by atoms with Gasteiger partial charge >= 0.3 is 0 Å². The molecule has 0 bridgehead atoms. The molecule has 1 fully saturated rings. The van der Waals surface area contributed by atoms with Crippen molar-refractivity contribution in [1.82, 2.24) is 4.31 Å². The van der Waals surface area contributed by atoms with Gasteiger partial charge in [0.05, 0.1) is 31.1 Å². The number of nitrogens with zero attached hydrogens (tertiary/aromatic N) is 1. The van der Waals surface area contributed by atoms with Gasteiger partial charge in [-0.1, -0.05) is 50.2 Å². The Hall–Kier alpha value is -2.22. The van der Waals surface area contributed by atoms with E-state index in [1.807, 2.05) is 18.2 Å². The number of hydrogen-bond donors (Lipinski definition) is 2. The summed E-state index contributed by atoms with van der Waals surface area (Å²) in [7, 11) is -3.46. The van der Waals surface area contributed by atoms with E-state index in [2.05, 4.69) is 25.2 Å². The molecule has 1 aliphatic rings. The van der Waals surface area contributed by atoms with Crippen molar-refractivity contribution in [3.8, 4) is 0 Å². The van der Waals surface area contributed by atoms with Gasteiger partial charge in [0.15, 0.2) is 6.54 Å². The van der Waals surface area contributed by atoms with Gasteiger partial charge < -0.3 is 10.2 Å². The van der Waals surface area contributed by atoms with Gasteiger partial charge in [0, 0.05) is 5.69 Å². The maximum absolute atomic E-state index is 12.7. The van der Waals surface area contributed by atoms with Gasteiger partial charge in [-0.3, -0.25) is 4.79 Å². The number of para-hydroxylation sites is 1. The van der Waals surface area contributed by atoms with E-state index in [4.69, 9.17) is 0 Å². The predicted molar refractivity (Wildman–Crippen MR) is 115 cm³/mol. The first-order valence-electron chi connectivity index (χ1n) is 10.2. The number of anilines is 1. The fourth-order valence-corrected chi connectivity index (χ4v) is 5.11. The summed E-state index contributed by atoms with van der Waals surface area (Å²) in [6, 6.07) is 16.4. The predicted octanol–water partition coefficient (Wildman–Crippen LogP) is 1.73. The highest BCUT2D eigenvalue weighted by Gasteiger charge is 2.31. The number of nitrogens with one attached hydrogen (secondary N) is 2. The molecule has 0 radical (unpaired) electrons. The molecule has 0 unspecified atom stereocenters. The summed E-state index contributed by atoms with van der Waals surface area (Å²) < 4.78 is 27.0. The Balaban J connectivity index is 1.56. The van der Waals surface area contributed by atoms with E-state index in [-0.39, 0.29) is 5.91 Å². The van der Waals surface area contributed by atoms with Crippen LogP contribution in [0.1, 0.15) is 31.7 Å². The van der Waals surface area contributed by atoms with E-state index in [1.54, 1.807) is 30.3 Å². The lowest BCUT2D eigenvalue weighted by molar-refractivity contribution is -0.895. The van der Waals surface area contributed by atoms with Crippen LogP contribution in [0.15, 0.2) is 59.5 Å². The summed E-state index contributed by atoms with van der Waals surface area (Å²) in [6.45, 7) is 6.71. The molecule has 156 valence electrons. The van der Waals surface area contributed by atoms with Gasteiger partial charge in [0.1, 0.15) is 0 Å². The molecule has 0 saturated carbocycles. The molecule has 2 N–H and O–H groups in total. The maximum atomic E-state index is 12.7. The Morgan fingerprint density at radius 2 is 1.69 bits per heavy atom. The standard InChI is InChI=1S/C22H29N3O3S/c1-3-18(2)20-11-7-8-12-21(20)23-22(26)17-24-13-15-25(16-14-24)29(27,28)19-9-5-4-6-10-19/h4-12,18H,3,13-17H2,1-2H3,(H,23,26)/p+1/t18-/m1/s1. The third-order valence-corrected chi connectivity index (χ3v) is 7.51. The van der Waals surface area contributed by atoms with Crippen LogP contribution >= 0.6 is 0 Å². The Morgan fingerprint density at radius 3 is 2.34 bits per heavy atom. The number of carbonyl (C=O) groups is 1. The minimum atomic E-state index is -3.46. The molecule has 6 nitrogen and oxygen atoms in total. The van der Waals surface area contributed by atoms with Crippen molar-refractivity contribution in [2.24, 2.45) is 0 Å². The maximum Gasteiger partial charge on any atom is 0.279 e. The number of rotatable bonds is 7. The van der Waals surface area contributed by atoms with Crippen LogP contribution in [-0.2, 0) is 14.8 Å². The molecule has 1 aliphatic heterocycles. The van der Waals surface area contributed by atoms with Gasteiger partial charge in [0.2, 0.25) is 10.0 Å². The second kappa shape index (κ2) is 9.52. The topological polar surface area (TPSA) is 70.9 Å². The third-order valence-electron chi connectivity index (χ3n) is 5.60. The second-order valence-electron chi connectivity index (χ2n) is 7.59. The smallest absolute Gasteiger partial charge is 0.279 e. The average Bonchev–Trinajstić information content (AvgIpc) is 2.74. The van der Waals surface area contributed by atoms with Crippen LogP contribution in [0.5, 0.6) is 0 Å². The van der Waals surface area contributed by atoms with Crippen LogP contribution in [0.2, 0.25) is 0 Å². The van der Waals surface area contributed by atoms with Crippen LogP contribution in [0.25, 0.3) is 0 Å². The summed E-state index contributed by atoms with van der Waals surface area (Å²) in [4.78, 5) is 14.0. The fourth-order valence-electron chi connectivity index (χ4n) is 3.64. The SMILES string of the molecule is CC[C@@H](C)c1ccccc1NC(=O)C[NH+]1CCN(S(=O)(=O)c2ccccc2)CC1. The molecule has 1 saturated heterocycles. The summed E-state index contributed by atoms with van der Waals surface area (Å²) in [5.41, 5.74) is 2.02. The molecular weight excluding hydrogens is 386 g/mol. The highest BCUT2D eigenvalue weighted by atomic mass is 32.2. The highest BCUT2D eigenvalue weighted by Crippen LogP contribution is 2.26. The van der Waals surface area contributed by atoms with Crippen LogP contribution < -0.4 is 10.2 Å². The molecule has 7 heteroatoms. The first-order chi connectivity index (χ1) is 13.9. The molecule has 1 heterocycles. The third kappa shape index (κ3) is 5.23. The molecule has 2 aromatic carbocycles. The lowest BCUT2D eigenvalue weighted by Gasteiger charge is -2.31. The van der Waals surface area contributed by atoms with Gasteiger partial charge in [-0.2, -0.15) is 4.31 Å². The molecule has 2 aromatic rings. The lowest BCUT2D eigenvalue weighted by Crippen LogP contribution is -3.15. The van der Waals surface area contributed by atoms with E-state index >= 15 is 0 Å². The first kappa shape index (κ1) is 21.5. The lowest BCUT2D eigenvalue weighted by atomic mass is 9.97. The average molecular weight is 417 g/mol. The molecule has 0 aliphatic carbocycles. The van der Waals surface area contributed by atoms with E-state index in [0.717, 1.165) is 22.6 Å². The molecular formula is C22H30N3O3S+. The second-order valence-corrected chi connectivity index (χ2v) is 9.53. The normalized spacial score (nSPS) is 17.0.